The third-order valence-corrected chi connectivity index (χ3v) is 1.66. The van der Waals surface area contributed by atoms with Gasteiger partial charge in [-0.2, -0.15) is 0 Å². The van der Waals surface area contributed by atoms with Gasteiger partial charge in [0.05, 0.1) is 5.76 Å². The predicted octanol–water partition coefficient (Wildman–Crippen LogP) is 3.38. The number of hydrogen-bond acceptors (Lipinski definition) is 1. The van der Waals surface area contributed by atoms with Crippen LogP contribution < -0.4 is 4.74 Å². The van der Waals surface area contributed by atoms with Crippen LogP contribution in [-0.4, -0.2) is 0 Å². The highest BCUT2D eigenvalue weighted by Crippen LogP contribution is 2.13. The summed E-state index contributed by atoms with van der Waals surface area (Å²) in [4.78, 5) is 0. The first-order chi connectivity index (χ1) is 5.86. The van der Waals surface area contributed by atoms with E-state index in [4.69, 9.17) is 4.74 Å². The highest BCUT2D eigenvalue weighted by molar-refractivity contribution is 5.23. The average molecular weight is 162 g/mol. The summed E-state index contributed by atoms with van der Waals surface area (Å²) in [5.41, 5.74) is 0. The van der Waals surface area contributed by atoms with Gasteiger partial charge in [0.2, 0.25) is 0 Å². The topological polar surface area (TPSA) is 9.23 Å². The lowest BCUT2D eigenvalue weighted by atomic mass is 10.3. The molecule has 0 N–H and O–H groups in total. The summed E-state index contributed by atoms with van der Waals surface area (Å²) in [6.45, 7) is 4.07. The monoisotopic (exact) mass is 162 g/mol. The minimum Gasteiger partial charge on any atom is -0.462 e. The molecule has 1 rings (SSSR count). The van der Waals surface area contributed by atoms with Crippen LogP contribution in [0.25, 0.3) is 0 Å². The van der Waals surface area contributed by atoms with Crippen molar-refractivity contribution in [3.8, 4) is 5.75 Å². The zero-order valence-electron chi connectivity index (χ0n) is 7.58. The average Bonchev–Trinajstić information content (AvgIpc) is 2.16. The Morgan fingerprint density at radius 1 is 1.33 bits per heavy atom. The fourth-order valence-electron chi connectivity index (χ4n) is 0.975. The summed E-state index contributed by atoms with van der Waals surface area (Å²) in [6.07, 6.45) is 2.93. The normalized spacial score (nSPS) is 11.3. The highest BCUT2D eigenvalue weighted by Gasteiger charge is 1.94. The molecule has 64 valence electrons. The van der Waals surface area contributed by atoms with Crippen LogP contribution in [0.5, 0.6) is 5.75 Å². The highest BCUT2D eigenvalue weighted by atomic mass is 16.5. The number of allylic oxidation sites excluding steroid dienone is 2. The number of benzene rings is 1. The van der Waals surface area contributed by atoms with Crippen LogP contribution in [0.3, 0.4) is 0 Å². The molecule has 1 aromatic rings. The standard InChI is InChI=1S/C11H14O/c1-3-10(4-2)12-11-8-6-5-7-9-11/h3,5-9H,4H2,1-2H3. The Kier molecular flexibility index (Phi) is 3.39. The molecule has 0 fully saturated rings. The molecular formula is C11H14O. The van der Waals surface area contributed by atoms with E-state index in [-0.39, 0.29) is 0 Å². The van der Waals surface area contributed by atoms with Gasteiger partial charge in [-0.15, -0.1) is 0 Å². The van der Waals surface area contributed by atoms with E-state index in [0.29, 0.717) is 0 Å². The zero-order chi connectivity index (χ0) is 8.81. The molecule has 0 unspecified atom stereocenters. The van der Waals surface area contributed by atoms with Crippen LogP contribution in [0.15, 0.2) is 42.2 Å². The third kappa shape index (κ3) is 2.42. The molecule has 0 aliphatic carbocycles. The van der Waals surface area contributed by atoms with E-state index in [1.54, 1.807) is 0 Å². The van der Waals surface area contributed by atoms with Gasteiger partial charge in [0.25, 0.3) is 0 Å². The quantitative estimate of drug-likeness (QED) is 0.619. The Labute approximate surface area is 73.7 Å². The van der Waals surface area contributed by atoms with Crippen molar-refractivity contribution >= 4 is 0 Å². The van der Waals surface area contributed by atoms with Crippen LogP contribution in [-0.2, 0) is 0 Å². The third-order valence-electron chi connectivity index (χ3n) is 1.66. The predicted molar refractivity (Wildman–Crippen MR) is 51.1 cm³/mol. The smallest absolute Gasteiger partial charge is 0.126 e. The summed E-state index contributed by atoms with van der Waals surface area (Å²) >= 11 is 0. The first kappa shape index (κ1) is 8.85. The molecule has 0 aliphatic heterocycles. The Balaban J connectivity index is 2.64. The van der Waals surface area contributed by atoms with Crippen LogP contribution in [0.2, 0.25) is 0 Å². The molecule has 0 saturated carbocycles. The van der Waals surface area contributed by atoms with Gasteiger partial charge in [-0.3, -0.25) is 0 Å². The number of rotatable bonds is 3. The van der Waals surface area contributed by atoms with Crippen LogP contribution >= 0.6 is 0 Å². The van der Waals surface area contributed by atoms with Crippen molar-refractivity contribution in [1.82, 2.24) is 0 Å². The second-order valence-electron chi connectivity index (χ2n) is 2.52. The second-order valence-corrected chi connectivity index (χ2v) is 2.52. The van der Waals surface area contributed by atoms with Crippen molar-refractivity contribution in [3.63, 3.8) is 0 Å². The molecule has 0 spiro atoms. The maximum Gasteiger partial charge on any atom is 0.126 e. The Morgan fingerprint density at radius 3 is 2.50 bits per heavy atom. The summed E-state index contributed by atoms with van der Waals surface area (Å²) in [7, 11) is 0. The second kappa shape index (κ2) is 4.60. The molecule has 1 aromatic carbocycles. The summed E-state index contributed by atoms with van der Waals surface area (Å²) in [5, 5.41) is 0. The van der Waals surface area contributed by atoms with Gasteiger partial charge >= 0.3 is 0 Å². The van der Waals surface area contributed by atoms with Gasteiger partial charge < -0.3 is 4.74 Å². The number of ether oxygens (including phenoxy) is 1. The van der Waals surface area contributed by atoms with Gasteiger partial charge in [0, 0.05) is 6.42 Å². The Hall–Kier alpha value is -1.24. The van der Waals surface area contributed by atoms with Crippen molar-refractivity contribution in [3.05, 3.63) is 42.2 Å². The SMILES string of the molecule is CC=C(CC)Oc1ccccc1. The van der Waals surface area contributed by atoms with E-state index >= 15 is 0 Å². The first-order valence-corrected chi connectivity index (χ1v) is 4.25. The summed E-state index contributed by atoms with van der Waals surface area (Å²) in [6, 6.07) is 9.84. The van der Waals surface area contributed by atoms with Crippen molar-refractivity contribution in [2.75, 3.05) is 0 Å². The molecule has 0 bridgehead atoms. The van der Waals surface area contributed by atoms with Crippen LogP contribution in [0, 0.1) is 0 Å². The molecule has 0 radical (unpaired) electrons. The Bertz CT molecular complexity index is 249. The van der Waals surface area contributed by atoms with Crippen molar-refractivity contribution in [1.29, 1.82) is 0 Å². The van der Waals surface area contributed by atoms with Gasteiger partial charge in [-0.1, -0.05) is 25.1 Å². The molecule has 1 heteroatoms. The zero-order valence-corrected chi connectivity index (χ0v) is 7.58. The van der Waals surface area contributed by atoms with Crippen molar-refractivity contribution < 1.29 is 4.74 Å². The molecule has 0 saturated heterocycles. The van der Waals surface area contributed by atoms with Gasteiger partial charge in [0.1, 0.15) is 5.75 Å². The van der Waals surface area contributed by atoms with Gasteiger partial charge in [0.15, 0.2) is 0 Å². The lowest BCUT2D eigenvalue weighted by Crippen LogP contribution is -1.92. The van der Waals surface area contributed by atoms with Crippen molar-refractivity contribution in [2.45, 2.75) is 20.3 Å². The molecule has 0 aliphatic rings. The molecule has 0 amide bonds. The van der Waals surface area contributed by atoms with E-state index in [1.165, 1.54) is 0 Å². The minimum atomic E-state index is 0.910. The molecule has 1 nitrogen and oxygen atoms in total. The molecular weight excluding hydrogens is 148 g/mol. The Morgan fingerprint density at radius 2 is 2.00 bits per heavy atom. The van der Waals surface area contributed by atoms with Crippen LogP contribution in [0.4, 0.5) is 0 Å². The van der Waals surface area contributed by atoms with E-state index in [1.807, 2.05) is 43.3 Å². The van der Waals surface area contributed by atoms with E-state index < -0.39 is 0 Å². The molecule has 0 aromatic heterocycles. The van der Waals surface area contributed by atoms with E-state index in [0.717, 1.165) is 17.9 Å². The maximum absolute atomic E-state index is 5.57. The lowest BCUT2D eigenvalue weighted by Gasteiger charge is -2.06. The van der Waals surface area contributed by atoms with E-state index in [9.17, 15) is 0 Å². The van der Waals surface area contributed by atoms with E-state index in [2.05, 4.69) is 6.92 Å². The summed E-state index contributed by atoms with van der Waals surface area (Å²) in [5.74, 6) is 1.92. The molecule has 0 heterocycles. The van der Waals surface area contributed by atoms with Gasteiger partial charge in [-0.05, 0) is 25.1 Å². The minimum absolute atomic E-state index is 0.910. The molecule has 0 atom stereocenters. The fourth-order valence-corrected chi connectivity index (χ4v) is 0.975. The molecule has 12 heavy (non-hydrogen) atoms. The summed E-state index contributed by atoms with van der Waals surface area (Å²) < 4.78 is 5.57. The number of para-hydroxylation sites is 1. The lowest BCUT2D eigenvalue weighted by molar-refractivity contribution is 0.408. The van der Waals surface area contributed by atoms with Gasteiger partial charge in [-0.25, -0.2) is 0 Å². The van der Waals surface area contributed by atoms with Crippen LogP contribution in [0.1, 0.15) is 20.3 Å². The fraction of sp³-hybridized carbons (Fsp3) is 0.273. The number of hydrogen-bond donors (Lipinski definition) is 0. The largest absolute Gasteiger partial charge is 0.462 e. The van der Waals surface area contributed by atoms with Crippen molar-refractivity contribution in [2.24, 2.45) is 0 Å². The maximum atomic E-state index is 5.57. The first-order valence-electron chi connectivity index (χ1n) is 4.25.